The van der Waals surface area contributed by atoms with Gasteiger partial charge in [0.05, 0.1) is 0 Å². The standard InChI is InChI=1S/C7H9FN2O2/c1-3-9-7(5(2)8)10-4-6(11)12/h3H,1-2,4H2,(H,9,10)(H,11,12). The van der Waals surface area contributed by atoms with Crippen LogP contribution in [0.1, 0.15) is 0 Å². The van der Waals surface area contributed by atoms with E-state index in [1.54, 1.807) is 0 Å². The Morgan fingerprint density at radius 1 is 1.75 bits per heavy atom. The minimum Gasteiger partial charge on any atom is -0.480 e. The summed E-state index contributed by atoms with van der Waals surface area (Å²) < 4.78 is 12.4. The van der Waals surface area contributed by atoms with Gasteiger partial charge in [0.25, 0.3) is 0 Å². The van der Waals surface area contributed by atoms with Gasteiger partial charge in [0.2, 0.25) is 0 Å². The molecule has 0 saturated heterocycles. The second-order valence-corrected chi connectivity index (χ2v) is 1.81. The van der Waals surface area contributed by atoms with E-state index in [-0.39, 0.29) is 5.84 Å². The maximum absolute atomic E-state index is 12.4. The quantitative estimate of drug-likeness (QED) is 0.484. The molecule has 0 aromatic carbocycles. The highest BCUT2D eigenvalue weighted by molar-refractivity contribution is 5.97. The summed E-state index contributed by atoms with van der Waals surface area (Å²) in [5.74, 6) is -2.18. The molecule has 12 heavy (non-hydrogen) atoms. The molecule has 2 N–H and O–H groups in total. The third-order valence-corrected chi connectivity index (χ3v) is 0.868. The number of rotatable bonds is 4. The van der Waals surface area contributed by atoms with Gasteiger partial charge in [-0.2, -0.15) is 0 Å². The van der Waals surface area contributed by atoms with Crippen molar-refractivity contribution >= 4 is 11.8 Å². The molecule has 4 nitrogen and oxygen atoms in total. The number of amidine groups is 1. The minimum absolute atomic E-state index is 0.215. The van der Waals surface area contributed by atoms with E-state index in [2.05, 4.69) is 23.5 Å². The van der Waals surface area contributed by atoms with Crippen molar-refractivity contribution in [2.75, 3.05) is 6.54 Å². The first kappa shape index (κ1) is 10.3. The van der Waals surface area contributed by atoms with Crippen LogP contribution in [0.5, 0.6) is 0 Å². The average Bonchev–Trinajstić information content (AvgIpc) is 1.96. The van der Waals surface area contributed by atoms with Crippen LogP contribution in [-0.4, -0.2) is 23.5 Å². The molecule has 5 heteroatoms. The Morgan fingerprint density at radius 3 is 2.67 bits per heavy atom. The largest absolute Gasteiger partial charge is 0.480 e. The molecule has 0 unspecified atom stereocenters. The van der Waals surface area contributed by atoms with Gasteiger partial charge in [-0.15, -0.1) is 0 Å². The van der Waals surface area contributed by atoms with Crippen LogP contribution in [0.15, 0.2) is 30.2 Å². The maximum atomic E-state index is 12.4. The van der Waals surface area contributed by atoms with Gasteiger partial charge in [0.1, 0.15) is 6.54 Å². The lowest BCUT2D eigenvalue weighted by molar-refractivity contribution is -0.135. The first-order valence-electron chi connectivity index (χ1n) is 3.06. The number of aliphatic imine (C=N–C) groups is 1. The lowest BCUT2D eigenvalue weighted by atomic mass is 10.5. The molecule has 0 aliphatic rings. The Morgan fingerprint density at radius 2 is 2.33 bits per heavy atom. The predicted molar refractivity (Wildman–Crippen MR) is 43.5 cm³/mol. The molecule has 0 aliphatic heterocycles. The summed E-state index contributed by atoms with van der Waals surface area (Å²) in [4.78, 5) is 13.4. The Balaban J connectivity index is 4.27. The number of carboxylic acid groups (broad SMARTS) is 1. The number of carboxylic acids is 1. The fourth-order valence-corrected chi connectivity index (χ4v) is 0.453. The summed E-state index contributed by atoms with van der Waals surface area (Å²) in [6.07, 6.45) is 1.19. The normalized spacial score (nSPS) is 10.6. The molecule has 0 bridgehead atoms. The van der Waals surface area contributed by atoms with Gasteiger partial charge in [-0.05, 0) is 6.20 Å². The van der Waals surface area contributed by atoms with Crippen LogP contribution in [0.3, 0.4) is 0 Å². The Kier molecular flexibility index (Phi) is 4.36. The first-order valence-corrected chi connectivity index (χ1v) is 3.06. The number of halogens is 1. The van der Waals surface area contributed by atoms with Crippen LogP contribution in [0.2, 0.25) is 0 Å². The summed E-state index contributed by atoms with van der Waals surface area (Å²) in [5.41, 5.74) is 0. The summed E-state index contributed by atoms with van der Waals surface area (Å²) in [6, 6.07) is 0. The van der Waals surface area contributed by atoms with Crippen LogP contribution in [-0.2, 0) is 4.79 Å². The molecule has 0 aromatic rings. The molecule has 0 aliphatic carbocycles. The van der Waals surface area contributed by atoms with Gasteiger partial charge in [0, 0.05) is 0 Å². The van der Waals surface area contributed by atoms with E-state index in [1.165, 1.54) is 6.20 Å². The topological polar surface area (TPSA) is 61.7 Å². The van der Waals surface area contributed by atoms with E-state index >= 15 is 0 Å². The van der Waals surface area contributed by atoms with Crippen molar-refractivity contribution in [3.8, 4) is 0 Å². The zero-order valence-electron chi connectivity index (χ0n) is 6.38. The van der Waals surface area contributed by atoms with Crippen molar-refractivity contribution in [2.24, 2.45) is 4.99 Å². The van der Waals surface area contributed by atoms with E-state index in [0.717, 1.165) is 0 Å². The molecule has 0 saturated carbocycles. The summed E-state index contributed by atoms with van der Waals surface area (Å²) in [6.45, 7) is 5.71. The second-order valence-electron chi connectivity index (χ2n) is 1.81. The lowest BCUT2D eigenvalue weighted by Gasteiger charge is -2.00. The number of nitrogens with zero attached hydrogens (tertiary/aromatic N) is 1. The molecule has 0 atom stereocenters. The van der Waals surface area contributed by atoms with Crippen LogP contribution < -0.4 is 5.32 Å². The number of aliphatic carboxylic acids is 1. The fourth-order valence-electron chi connectivity index (χ4n) is 0.453. The van der Waals surface area contributed by atoms with E-state index in [4.69, 9.17) is 5.11 Å². The van der Waals surface area contributed by atoms with Crippen LogP contribution in [0, 0.1) is 0 Å². The highest BCUT2D eigenvalue weighted by Crippen LogP contribution is 1.93. The van der Waals surface area contributed by atoms with Crippen molar-refractivity contribution < 1.29 is 14.3 Å². The smallest absolute Gasteiger partial charge is 0.325 e. The van der Waals surface area contributed by atoms with Gasteiger partial charge in [-0.25, -0.2) is 4.39 Å². The molecule has 0 aromatic heterocycles. The van der Waals surface area contributed by atoms with E-state index in [0.29, 0.717) is 0 Å². The second kappa shape index (κ2) is 5.06. The van der Waals surface area contributed by atoms with Gasteiger partial charge in [-0.3, -0.25) is 9.79 Å². The van der Waals surface area contributed by atoms with Crippen molar-refractivity contribution in [2.45, 2.75) is 0 Å². The van der Waals surface area contributed by atoms with Gasteiger partial charge in [-0.1, -0.05) is 13.2 Å². The Labute approximate surface area is 69.1 Å². The number of hydrogen-bond donors (Lipinski definition) is 2. The molecule has 0 rings (SSSR count). The van der Waals surface area contributed by atoms with Crippen LogP contribution in [0.4, 0.5) is 4.39 Å². The highest BCUT2D eigenvalue weighted by Gasteiger charge is 2.01. The van der Waals surface area contributed by atoms with E-state index in [1.807, 2.05) is 0 Å². The highest BCUT2D eigenvalue weighted by atomic mass is 19.1. The van der Waals surface area contributed by atoms with Crippen LogP contribution >= 0.6 is 0 Å². The zero-order chi connectivity index (χ0) is 9.56. The third kappa shape index (κ3) is 4.21. The lowest BCUT2D eigenvalue weighted by Crippen LogP contribution is -2.19. The molecule has 0 fully saturated rings. The fraction of sp³-hybridized carbons (Fsp3) is 0.143. The van der Waals surface area contributed by atoms with Gasteiger partial charge >= 0.3 is 5.97 Å². The molecule has 0 amide bonds. The SMILES string of the molecule is C=CNC(=NCC(=O)O)C(=C)F. The van der Waals surface area contributed by atoms with Crippen molar-refractivity contribution in [1.82, 2.24) is 5.32 Å². The monoisotopic (exact) mass is 172 g/mol. The summed E-state index contributed by atoms with van der Waals surface area (Å²) in [5, 5.41) is 10.5. The van der Waals surface area contributed by atoms with E-state index in [9.17, 15) is 9.18 Å². The minimum atomic E-state index is -1.14. The Hall–Kier alpha value is -1.65. The van der Waals surface area contributed by atoms with Crippen molar-refractivity contribution in [3.63, 3.8) is 0 Å². The molecule has 0 radical (unpaired) electrons. The molecular weight excluding hydrogens is 163 g/mol. The molecule has 66 valence electrons. The number of carbonyl (C=O) groups is 1. The molecule has 0 spiro atoms. The Bertz CT molecular complexity index is 236. The molecular formula is C7H9FN2O2. The predicted octanol–water partition coefficient (Wildman–Crippen LogP) is 0.686. The van der Waals surface area contributed by atoms with Gasteiger partial charge < -0.3 is 10.4 Å². The first-order chi connectivity index (χ1) is 5.57. The van der Waals surface area contributed by atoms with Gasteiger partial charge in [0.15, 0.2) is 11.7 Å². The van der Waals surface area contributed by atoms with E-state index < -0.39 is 18.3 Å². The van der Waals surface area contributed by atoms with Crippen LogP contribution in [0.25, 0.3) is 0 Å². The third-order valence-electron chi connectivity index (χ3n) is 0.868. The van der Waals surface area contributed by atoms with Crippen molar-refractivity contribution in [3.05, 3.63) is 25.2 Å². The number of hydrogen-bond acceptors (Lipinski definition) is 2. The summed E-state index contributed by atoms with van der Waals surface area (Å²) in [7, 11) is 0. The molecule has 0 heterocycles. The van der Waals surface area contributed by atoms with Crippen molar-refractivity contribution in [1.29, 1.82) is 0 Å². The summed E-state index contributed by atoms with van der Waals surface area (Å²) >= 11 is 0. The maximum Gasteiger partial charge on any atom is 0.325 e. The number of nitrogens with one attached hydrogen (secondary N) is 1. The zero-order valence-corrected chi connectivity index (χ0v) is 6.38. The average molecular weight is 172 g/mol.